The summed E-state index contributed by atoms with van der Waals surface area (Å²) < 4.78 is 5.30. The molecule has 1 unspecified atom stereocenters. The largest absolute Gasteiger partial charge is 0.462 e. The fourth-order valence-corrected chi connectivity index (χ4v) is 3.13. The Morgan fingerprint density at radius 2 is 1.24 bits per heavy atom. The second kappa shape index (κ2) is 12.1. The van der Waals surface area contributed by atoms with E-state index < -0.39 is 0 Å². The summed E-state index contributed by atoms with van der Waals surface area (Å²) in [5, 5.41) is 0. The van der Waals surface area contributed by atoms with Crippen molar-refractivity contribution in [2.45, 2.75) is 110 Å². The fourth-order valence-electron chi connectivity index (χ4n) is 3.13. The molecule has 21 heavy (non-hydrogen) atoms. The fraction of sp³-hybridized carbons (Fsp3) is 0.947. The summed E-state index contributed by atoms with van der Waals surface area (Å²) in [6, 6.07) is 0. The summed E-state index contributed by atoms with van der Waals surface area (Å²) in [6.45, 7) is 4.00. The molecule has 2 aliphatic carbocycles. The van der Waals surface area contributed by atoms with Crippen molar-refractivity contribution in [1.29, 1.82) is 0 Å². The Hall–Kier alpha value is -0.530. The van der Waals surface area contributed by atoms with E-state index >= 15 is 0 Å². The van der Waals surface area contributed by atoms with Gasteiger partial charge in [0.1, 0.15) is 0 Å². The highest BCUT2D eigenvalue weighted by Crippen LogP contribution is 2.25. The van der Waals surface area contributed by atoms with Gasteiger partial charge in [-0.3, -0.25) is 4.79 Å². The second-order valence-corrected chi connectivity index (χ2v) is 6.82. The Morgan fingerprint density at radius 1 is 0.857 bits per heavy atom. The van der Waals surface area contributed by atoms with Crippen molar-refractivity contribution < 1.29 is 9.53 Å². The molecule has 2 nitrogen and oxygen atoms in total. The van der Waals surface area contributed by atoms with E-state index in [9.17, 15) is 4.79 Å². The highest BCUT2D eigenvalue weighted by Gasteiger charge is 2.23. The van der Waals surface area contributed by atoms with E-state index in [4.69, 9.17) is 4.74 Å². The minimum atomic E-state index is 0.0362. The minimum absolute atomic E-state index is 0.0362. The number of ether oxygens (including phenoxy) is 1. The van der Waals surface area contributed by atoms with Crippen LogP contribution in [0, 0.1) is 5.92 Å². The van der Waals surface area contributed by atoms with Crippen LogP contribution < -0.4 is 0 Å². The standard InChI is InChI=1S/C11H20O2.C8H16/c1-3-9(2)13-11(12)10-7-5-4-6-8-10;1-2-4-6-8-7-5-3-1/h9-10H,3-8H2,1-2H3;1-8H2. The maximum Gasteiger partial charge on any atom is 0.309 e. The molecule has 0 bridgehead atoms. The third kappa shape index (κ3) is 9.16. The average Bonchev–Trinajstić information content (AvgIpc) is 2.48. The lowest BCUT2D eigenvalue weighted by molar-refractivity contribution is -0.154. The van der Waals surface area contributed by atoms with Gasteiger partial charge < -0.3 is 4.74 Å². The highest BCUT2D eigenvalue weighted by atomic mass is 16.5. The van der Waals surface area contributed by atoms with Crippen molar-refractivity contribution in [1.82, 2.24) is 0 Å². The van der Waals surface area contributed by atoms with Crippen molar-refractivity contribution in [2.24, 2.45) is 5.92 Å². The number of carbonyl (C=O) groups is 1. The highest BCUT2D eigenvalue weighted by molar-refractivity contribution is 5.72. The van der Waals surface area contributed by atoms with Crippen LogP contribution in [0.1, 0.15) is 104 Å². The molecule has 0 aromatic rings. The summed E-state index contributed by atoms with van der Waals surface area (Å²) in [5.74, 6) is 0.233. The van der Waals surface area contributed by atoms with Gasteiger partial charge in [0.25, 0.3) is 0 Å². The summed E-state index contributed by atoms with van der Waals surface area (Å²) in [4.78, 5) is 11.5. The van der Waals surface area contributed by atoms with Gasteiger partial charge in [0.2, 0.25) is 0 Å². The van der Waals surface area contributed by atoms with Gasteiger partial charge >= 0.3 is 5.97 Å². The lowest BCUT2D eigenvalue weighted by atomic mass is 9.89. The van der Waals surface area contributed by atoms with Gasteiger partial charge in [0.05, 0.1) is 12.0 Å². The van der Waals surface area contributed by atoms with Crippen LogP contribution in [0.4, 0.5) is 0 Å². The Labute approximate surface area is 132 Å². The van der Waals surface area contributed by atoms with Crippen molar-refractivity contribution in [3.05, 3.63) is 0 Å². The lowest BCUT2D eigenvalue weighted by Crippen LogP contribution is -2.24. The molecular formula is C19H36O2. The van der Waals surface area contributed by atoms with Crippen LogP contribution in [0.15, 0.2) is 0 Å². The quantitative estimate of drug-likeness (QED) is 0.594. The number of hydrogen-bond acceptors (Lipinski definition) is 2. The van der Waals surface area contributed by atoms with Crippen LogP contribution in [0.2, 0.25) is 0 Å². The van der Waals surface area contributed by atoms with Gasteiger partial charge in [-0.25, -0.2) is 0 Å². The molecule has 2 aliphatic rings. The number of esters is 1. The normalized spacial score (nSPS) is 22.2. The molecule has 2 saturated carbocycles. The maximum absolute atomic E-state index is 11.5. The average molecular weight is 296 g/mol. The van der Waals surface area contributed by atoms with Crippen LogP contribution >= 0.6 is 0 Å². The zero-order valence-electron chi connectivity index (χ0n) is 14.4. The molecule has 0 aromatic heterocycles. The van der Waals surface area contributed by atoms with E-state index in [1.54, 1.807) is 0 Å². The first-order valence-electron chi connectivity index (χ1n) is 9.44. The first-order chi connectivity index (χ1) is 10.2. The molecule has 0 heterocycles. The molecule has 2 fully saturated rings. The Morgan fingerprint density at radius 3 is 1.62 bits per heavy atom. The van der Waals surface area contributed by atoms with Crippen LogP contribution in [0.3, 0.4) is 0 Å². The van der Waals surface area contributed by atoms with Gasteiger partial charge in [0, 0.05) is 0 Å². The third-order valence-corrected chi connectivity index (χ3v) is 4.83. The lowest BCUT2D eigenvalue weighted by Gasteiger charge is -2.21. The minimum Gasteiger partial charge on any atom is -0.462 e. The van der Waals surface area contributed by atoms with Gasteiger partial charge in [-0.1, -0.05) is 77.6 Å². The first kappa shape index (κ1) is 18.5. The zero-order valence-corrected chi connectivity index (χ0v) is 14.4. The van der Waals surface area contributed by atoms with Crippen LogP contribution in [-0.2, 0) is 9.53 Å². The monoisotopic (exact) mass is 296 g/mol. The van der Waals surface area contributed by atoms with Gasteiger partial charge in [-0.05, 0) is 26.2 Å². The first-order valence-corrected chi connectivity index (χ1v) is 9.44. The summed E-state index contributed by atoms with van der Waals surface area (Å²) >= 11 is 0. The van der Waals surface area contributed by atoms with Gasteiger partial charge in [-0.15, -0.1) is 0 Å². The number of hydrogen-bond donors (Lipinski definition) is 0. The summed E-state index contributed by atoms with van der Waals surface area (Å²) in [7, 11) is 0. The third-order valence-electron chi connectivity index (χ3n) is 4.83. The molecule has 0 amide bonds. The molecule has 124 valence electrons. The number of rotatable bonds is 3. The smallest absolute Gasteiger partial charge is 0.309 e. The molecule has 0 aromatic carbocycles. The molecule has 0 N–H and O–H groups in total. The van der Waals surface area contributed by atoms with Crippen molar-refractivity contribution in [3.8, 4) is 0 Å². The van der Waals surface area contributed by atoms with E-state index in [-0.39, 0.29) is 18.0 Å². The van der Waals surface area contributed by atoms with Crippen molar-refractivity contribution >= 4 is 5.97 Å². The Kier molecular flexibility index (Phi) is 10.6. The van der Waals surface area contributed by atoms with E-state index in [1.807, 2.05) is 13.8 Å². The van der Waals surface area contributed by atoms with E-state index in [0.29, 0.717) is 0 Å². The second-order valence-electron chi connectivity index (χ2n) is 6.82. The van der Waals surface area contributed by atoms with Crippen molar-refractivity contribution in [2.75, 3.05) is 0 Å². The van der Waals surface area contributed by atoms with Gasteiger partial charge in [-0.2, -0.15) is 0 Å². The molecule has 2 rings (SSSR count). The molecule has 2 heteroatoms. The van der Waals surface area contributed by atoms with Crippen molar-refractivity contribution in [3.63, 3.8) is 0 Å². The van der Waals surface area contributed by atoms with E-state index in [1.165, 1.54) is 70.6 Å². The van der Waals surface area contributed by atoms with E-state index in [2.05, 4.69) is 0 Å². The zero-order chi connectivity index (χ0) is 15.3. The molecule has 0 radical (unpaired) electrons. The molecule has 0 saturated heterocycles. The molecule has 1 atom stereocenters. The van der Waals surface area contributed by atoms with Crippen LogP contribution in [-0.4, -0.2) is 12.1 Å². The maximum atomic E-state index is 11.5. The molecule has 0 aliphatic heterocycles. The number of carbonyl (C=O) groups excluding carboxylic acids is 1. The van der Waals surface area contributed by atoms with Crippen LogP contribution in [0.25, 0.3) is 0 Å². The topological polar surface area (TPSA) is 26.3 Å². The Bertz CT molecular complexity index is 232. The SMILES string of the molecule is C1CCCCCCC1.CCC(C)OC(=O)C1CCCCC1. The van der Waals surface area contributed by atoms with Gasteiger partial charge in [0.15, 0.2) is 0 Å². The molecular weight excluding hydrogens is 260 g/mol. The molecule has 0 spiro atoms. The predicted octanol–water partition coefficient (Wildman–Crippen LogP) is 6.03. The summed E-state index contributed by atoms with van der Waals surface area (Å²) in [5.41, 5.74) is 0. The Balaban J connectivity index is 0.000000235. The van der Waals surface area contributed by atoms with E-state index in [0.717, 1.165) is 19.3 Å². The van der Waals surface area contributed by atoms with Crippen LogP contribution in [0.5, 0.6) is 0 Å². The summed E-state index contributed by atoms with van der Waals surface area (Å²) in [6.07, 6.45) is 18.8. The predicted molar refractivity (Wildman–Crippen MR) is 89.4 cm³/mol.